The van der Waals surface area contributed by atoms with E-state index in [0.29, 0.717) is 28.4 Å². The van der Waals surface area contributed by atoms with Gasteiger partial charge in [0.05, 0.1) is 11.3 Å². The summed E-state index contributed by atoms with van der Waals surface area (Å²) in [4.78, 5) is 38.5. The van der Waals surface area contributed by atoms with Crippen LogP contribution in [0, 0.1) is 11.8 Å². The quantitative estimate of drug-likeness (QED) is 0.854. The molecule has 0 aromatic heterocycles. The van der Waals surface area contributed by atoms with Gasteiger partial charge in [0.15, 0.2) is 0 Å². The van der Waals surface area contributed by atoms with Crippen molar-refractivity contribution in [1.82, 2.24) is 4.90 Å². The number of anilines is 2. The Labute approximate surface area is 158 Å². The molecule has 1 aliphatic carbocycles. The molecule has 0 heterocycles. The SMILES string of the molecule is CC1CC1C(=O)Nc1cccc(C(=O)Nc2ccccc2C(=O)N(C)C)c1. The van der Waals surface area contributed by atoms with Crippen LogP contribution in [0.4, 0.5) is 11.4 Å². The molecule has 1 fully saturated rings. The maximum absolute atomic E-state index is 12.6. The largest absolute Gasteiger partial charge is 0.345 e. The zero-order chi connectivity index (χ0) is 19.6. The van der Waals surface area contributed by atoms with Crippen LogP contribution in [0.3, 0.4) is 0 Å². The predicted octanol–water partition coefficient (Wildman–Crippen LogP) is 3.24. The van der Waals surface area contributed by atoms with E-state index in [1.54, 1.807) is 62.6 Å². The topological polar surface area (TPSA) is 78.5 Å². The first-order chi connectivity index (χ1) is 12.9. The molecule has 0 bridgehead atoms. The van der Waals surface area contributed by atoms with Gasteiger partial charge in [-0.15, -0.1) is 0 Å². The zero-order valence-electron chi connectivity index (χ0n) is 15.7. The highest BCUT2D eigenvalue weighted by Crippen LogP contribution is 2.38. The fourth-order valence-corrected chi connectivity index (χ4v) is 2.87. The molecule has 0 radical (unpaired) electrons. The van der Waals surface area contributed by atoms with Gasteiger partial charge in [0, 0.05) is 31.3 Å². The summed E-state index contributed by atoms with van der Waals surface area (Å²) in [6.45, 7) is 2.04. The Hall–Kier alpha value is -3.15. The van der Waals surface area contributed by atoms with E-state index in [-0.39, 0.29) is 23.6 Å². The third-order valence-corrected chi connectivity index (χ3v) is 4.65. The normalized spacial score (nSPS) is 17.7. The van der Waals surface area contributed by atoms with E-state index in [1.807, 2.05) is 6.92 Å². The molecule has 2 unspecified atom stereocenters. The average molecular weight is 365 g/mol. The van der Waals surface area contributed by atoms with E-state index < -0.39 is 0 Å². The van der Waals surface area contributed by atoms with E-state index in [4.69, 9.17) is 0 Å². The molecule has 3 rings (SSSR count). The monoisotopic (exact) mass is 365 g/mol. The van der Waals surface area contributed by atoms with Crippen molar-refractivity contribution < 1.29 is 14.4 Å². The molecule has 2 atom stereocenters. The van der Waals surface area contributed by atoms with Crippen molar-refractivity contribution in [3.8, 4) is 0 Å². The van der Waals surface area contributed by atoms with Gasteiger partial charge in [0.2, 0.25) is 5.91 Å². The molecule has 2 N–H and O–H groups in total. The van der Waals surface area contributed by atoms with E-state index in [9.17, 15) is 14.4 Å². The maximum Gasteiger partial charge on any atom is 0.255 e. The highest BCUT2D eigenvalue weighted by Gasteiger charge is 2.39. The fourth-order valence-electron chi connectivity index (χ4n) is 2.87. The Kier molecular flexibility index (Phi) is 5.26. The second kappa shape index (κ2) is 7.61. The molecule has 0 spiro atoms. The lowest BCUT2D eigenvalue weighted by Crippen LogP contribution is -2.24. The maximum atomic E-state index is 12.6. The average Bonchev–Trinajstić information content (AvgIpc) is 3.38. The molecule has 2 aromatic rings. The molecular formula is C21H23N3O3. The molecule has 0 aliphatic heterocycles. The first kappa shape index (κ1) is 18.6. The van der Waals surface area contributed by atoms with Gasteiger partial charge in [-0.3, -0.25) is 14.4 Å². The van der Waals surface area contributed by atoms with Crippen molar-refractivity contribution in [2.45, 2.75) is 13.3 Å². The number of rotatable bonds is 5. The third-order valence-electron chi connectivity index (χ3n) is 4.65. The summed E-state index contributed by atoms with van der Waals surface area (Å²) in [7, 11) is 3.32. The van der Waals surface area contributed by atoms with Crippen molar-refractivity contribution in [2.75, 3.05) is 24.7 Å². The van der Waals surface area contributed by atoms with Crippen molar-refractivity contribution in [3.63, 3.8) is 0 Å². The van der Waals surface area contributed by atoms with Crippen molar-refractivity contribution >= 4 is 29.1 Å². The minimum absolute atomic E-state index is 0.0121. The lowest BCUT2D eigenvalue weighted by atomic mass is 10.1. The van der Waals surface area contributed by atoms with Crippen LogP contribution in [0.5, 0.6) is 0 Å². The number of carbonyl (C=O) groups is 3. The number of nitrogens with one attached hydrogen (secondary N) is 2. The molecule has 3 amide bonds. The number of benzene rings is 2. The number of amides is 3. The summed E-state index contributed by atoms with van der Waals surface area (Å²) in [5.74, 6) is -0.0639. The van der Waals surface area contributed by atoms with Gasteiger partial charge >= 0.3 is 0 Å². The third kappa shape index (κ3) is 4.34. The highest BCUT2D eigenvalue weighted by molar-refractivity contribution is 6.09. The van der Waals surface area contributed by atoms with E-state index in [1.165, 1.54) is 4.90 Å². The number of para-hydroxylation sites is 1. The molecule has 2 aromatic carbocycles. The zero-order valence-corrected chi connectivity index (χ0v) is 15.7. The summed E-state index contributed by atoms with van der Waals surface area (Å²) < 4.78 is 0. The van der Waals surface area contributed by atoms with Gasteiger partial charge < -0.3 is 15.5 Å². The first-order valence-corrected chi connectivity index (χ1v) is 8.89. The number of nitrogens with zero attached hydrogens (tertiary/aromatic N) is 1. The Balaban J connectivity index is 1.74. The van der Waals surface area contributed by atoms with Crippen LogP contribution in [0.1, 0.15) is 34.1 Å². The number of hydrogen-bond acceptors (Lipinski definition) is 3. The molecule has 6 nitrogen and oxygen atoms in total. The summed E-state index contributed by atoms with van der Waals surface area (Å²) in [6.07, 6.45) is 0.905. The van der Waals surface area contributed by atoms with Gasteiger partial charge in [-0.25, -0.2) is 0 Å². The van der Waals surface area contributed by atoms with E-state index >= 15 is 0 Å². The van der Waals surface area contributed by atoms with Gasteiger partial charge in [0.1, 0.15) is 0 Å². The van der Waals surface area contributed by atoms with Crippen LogP contribution in [0.25, 0.3) is 0 Å². The number of hydrogen-bond donors (Lipinski definition) is 2. The number of carbonyl (C=O) groups excluding carboxylic acids is 3. The second-order valence-electron chi connectivity index (χ2n) is 7.09. The second-order valence-corrected chi connectivity index (χ2v) is 7.09. The van der Waals surface area contributed by atoms with Crippen LogP contribution < -0.4 is 10.6 Å². The predicted molar refractivity (Wildman–Crippen MR) is 105 cm³/mol. The van der Waals surface area contributed by atoms with Gasteiger partial charge in [-0.05, 0) is 42.7 Å². The highest BCUT2D eigenvalue weighted by atomic mass is 16.2. The molecule has 6 heteroatoms. The van der Waals surface area contributed by atoms with Gasteiger partial charge in [-0.2, -0.15) is 0 Å². The lowest BCUT2D eigenvalue weighted by molar-refractivity contribution is -0.117. The van der Waals surface area contributed by atoms with Crippen LogP contribution in [-0.2, 0) is 4.79 Å². The first-order valence-electron chi connectivity index (χ1n) is 8.89. The molecule has 27 heavy (non-hydrogen) atoms. The standard InChI is InChI=1S/C21H23N3O3/c1-13-11-17(13)20(26)22-15-8-6-7-14(12-15)19(25)23-18-10-5-4-9-16(18)21(27)24(2)3/h4-10,12-13,17H,11H2,1-3H3,(H,22,26)(H,23,25). The van der Waals surface area contributed by atoms with Crippen LogP contribution in [0.2, 0.25) is 0 Å². The summed E-state index contributed by atoms with van der Waals surface area (Å²) in [6, 6.07) is 13.7. The molecule has 1 aliphatic rings. The van der Waals surface area contributed by atoms with Crippen LogP contribution in [-0.4, -0.2) is 36.7 Å². The lowest BCUT2D eigenvalue weighted by Gasteiger charge is -2.15. The molecule has 0 saturated heterocycles. The van der Waals surface area contributed by atoms with Crippen LogP contribution >= 0.6 is 0 Å². The van der Waals surface area contributed by atoms with Gasteiger partial charge in [0.25, 0.3) is 11.8 Å². The summed E-state index contributed by atoms with van der Waals surface area (Å²) >= 11 is 0. The smallest absolute Gasteiger partial charge is 0.255 e. The Morgan fingerprint density at radius 1 is 1.00 bits per heavy atom. The minimum Gasteiger partial charge on any atom is -0.345 e. The van der Waals surface area contributed by atoms with Crippen molar-refractivity contribution in [2.24, 2.45) is 11.8 Å². The van der Waals surface area contributed by atoms with Gasteiger partial charge in [-0.1, -0.05) is 25.1 Å². The molecule has 1 saturated carbocycles. The Bertz CT molecular complexity index is 892. The van der Waals surface area contributed by atoms with E-state index in [2.05, 4.69) is 10.6 Å². The fraction of sp³-hybridized carbons (Fsp3) is 0.286. The van der Waals surface area contributed by atoms with E-state index in [0.717, 1.165) is 6.42 Å². The molecule has 140 valence electrons. The van der Waals surface area contributed by atoms with Crippen LogP contribution in [0.15, 0.2) is 48.5 Å². The Morgan fingerprint density at radius 2 is 1.70 bits per heavy atom. The Morgan fingerprint density at radius 3 is 2.37 bits per heavy atom. The molecular weight excluding hydrogens is 342 g/mol. The summed E-state index contributed by atoms with van der Waals surface area (Å²) in [5, 5.41) is 5.64. The van der Waals surface area contributed by atoms with Crippen molar-refractivity contribution in [1.29, 1.82) is 0 Å². The minimum atomic E-state index is -0.343. The van der Waals surface area contributed by atoms with Crippen molar-refractivity contribution in [3.05, 3.63) is 59.7 Å². The summed E-state index contributed by atoms with van der Waals surface area (Å²) in [5.41, 5.74) is 1.86.